The molecule has 0 bridgehead atoms. The number of hydrogen-bond acceptors (Lipinski definition) is 5. The number of non-ortho nitro benzene ring substituents is 1. The van der Waals surface area contributed by atoms with Gasteiger partial charge in [-0.15, -0.1) is 0 Å². The van der Waals surface area contributed by atoms with Gasteiger partial charge in [0.1, 0.15) is 5.75 Å². The summed E-state index contributed by atoms with van der Waals surface area (Å²) in [6, 6.07) is 2.23. The van der Waals surface area contributed by atoms with Gasteiger partial charge < -0.3 is 9.84 Å². The molecular weight excluding hydrogens is 345 g/mol. The van der Waals surface area contributed by atoms with Crippen LogP contribution in [0.1, 0.15) is 10.4 Å². The van der Waals surface area contributed by atoms with Crippen LogP contribution in [0.3, 0.4) is 0 Å². The first-order valence-electron chi connectivity index (χ1n) is 4.23. The molecule has 0 spiro atoms. The maximum absolute atomic E-state index is 10.7. The van der Waals surface area contributed by atoms with Gasteiger partial charge in [-0.25, -0.2) is 4.79 Å². The summed E-state index contributed by atoms with van der Waals surface area (Å²) in [7, 11) is 0. The molecule has 1 rings (SSSR count). The van der Waals surface area contributed by atoms with Crippen LogP contribution in [0.25, 0.3) is 0 Å². The second kappa shape index (κ2) is 5.57. The van der Waals surface area contributed by atoms with Crippen molar-refractivity contribution >= 4 is 40.5 Å². The van der Waals surface area contributed by atoms with E-state index in [1.807, 2.05) is 0 Å². The Labute approximate surface area is 109 Å². The number of nitro groups is 1. The number of carboxylic acids is 1. The van der Waals surface area contributed by atoms with Crippen LogP contribution in [-0.4, -0.2) is 28.9 Å². The summed E-state index contributed by atoms with van der Waals surface area (Å²) in [5.74, 6) is -1.16. The van der Waals surface area contributed by atoms with Gasteiger partial charge >= 0.3 is 5.97 Å². The van der Waals surface area contributed by atoms with Crippen LogP contribution in [0, 0.1) is 13.7 Å². The van der Waals surface area contributed by atoms with Crippen LogP contribution in [0.2, 0.25) is 0 Å². The minimum Gasteiger partial charge on any atom is -0.480 e. The largest absolute Gasteiger partial charge is 0.480 e. The molecule has 0 fully saturated rings. The first-order valence-corrected chi connectivity index (χ1v) is 5.31. The standard InChI is InChI=1S/C9H6INO6/c10-7-2-6(11(15)16)1-5(3-12)9(7)17-4-8(13)14/h1-3H,4H2,(H,13,14). The van der Waals surface area contributed by atoms with Crippen molar-refractivity contribution in [3.05, 3.63) is 31.4 Å². The van der Waals surface area contributed by atoms with Gasteiger partial charge in [0.2, 0.25) is 0 Å². The van der Waals surface area contributed by atoms with Crippen molar-refractivity contribution in [2.45, 2.75) is 0 Å². The molecule has 0 amide bonds. The van der Waals surface area contributed by atoms with Gasteiger partial charge in [-0.05, 0) is 22.6 Å². The van der Waals surface area contributed by atoms with Gasteiger partial charge in [0, 0.05) is 12.1 Å². The summed E-state index contributed by atoms with van der Waals surface area (Å²) in [6.45, 7) is -0.616. The van der Waals surface area contributed by atoms with Crippen molar-refractivity contribution in [3.8, 4) is 5.75 Å². The SMILES string of the molecule is O=Cc1cc([N+](=O)[O-])cc(I)c1OCC(=O)O. The Balaban J connectivity index is 3.16. The molecule has 0 saturated carbocycles. The third kappa shape index (κ3) is 3.37. The zero-order valence-electron chi connectivity index (χ0n) is 8.25. The monoisotopic (exact) mass is 351 g/mol. The molecule has 1 aromatic carbocycles. The fourth-order valence-electron chi connectivity index (χ4n) is 1.08. The number of carbonyl (C=O) groups is 2. The van der Waals surface area contributed by atoms with Gasteiger partial charge in [-0.2, -0.15) is 0 Å². The highest BCUT2D eigenvalue weighted by atomic mass is 127. The lowest BCUT2D eigenvalue weighted by Crippen LogP contribution is -2.11. The molecule has 0 aliphatic rings. The summed E-state index contributed by atoms with van der Waals surface area (Å²) in [5.41, 5.74) is -0.302. The minimum absolute atomic E-state index is 0.0357. The average molecular weight is 351 g/mol. The highest BCUT2D eigenvalue weighted by Gasteiger charge is 2.16. The lowest BCUT2D eigenvalue weighted by Gasteiger charge is -2.08. The van der Waals surface area contributed by atoms with E-state index in [1.165, 1.54) is 6.07 Å². The number of aliphatic carboxylic acids is 1. The van der Waals surface area contributed by atoms with Crippen molar-refractivity contribution in [1.29, 1.82) is 0 Å². The highest BCUT2D eigenvalue weighted by Crippen LogP contribution is 2.29. The summed E-state index contributed by atoms with van der Waals surface area (Å²) >= 11 is 1.73. The fourth-order valence-corrected chi connectivity index (χ4v) is 1.87. The lowest BCUT2D eigenvalue weighted by molar-refractivity contribution is -0.385. The first kappa shape index (κ1) is 13.4. The van der Waals surface area contributed by atoms with E-state index in [4.69, 9.17) is 9.84 Å². The number of nitro benzene ring substituents is 1. The first-order chi connectivity index (χ1) is 7.95. The number of ether oxygens (including phenoxy) is 1. The maximum Gasteiger partial charge on any atom is 0.341 e. The molecule has 8 heteroatoms. The number of aldehydes is 1. The molecule has 0 heterocycles. The van der Waals surface area contributed by atoms with Crippen molar-refractivity contribution < 1.29 is 24.4 Å². The molecule has 0 atom stereocenters. The fraction of sp³-hybridized carbons (Fsp3) is 0.111. The summed E-state index contributed by atoms with van der Waals surface area (Å²) in [6.07, 6.45) is 0.381. The van der Waals surface area contributed by atoms with Gasteiger partial charge in [0.05, 0.1) is 14.1 Å². The lowest BCUT2D eigenvalue weighted by atomic mass is 10.2. The molecule has 0 aromatic heterocycles. The van der Waals surface area contributed by atoms with Crippen molar-refractivity contribution in [1.82, 2.24) is 0 Å². The molecule has 0 aliphatic carbocycles. The second-order valence-electron chi connectivity index (χ2n) is 2.90. The quantitative estimate of drug-likeness (QED) is 0.373. The predicted molar refractivity (Wildman–Crippen MR) is 64.3 cm³/mol. The molecule has 7 nitrogen and oxygen atoms in total. The van der Waals surface area contributed by atoms with E-state index < -0.39 is 17.5 Å². The Morgan fingerprint density at radius 3 is 2.71 bits per heavy atom. The van der Waals surface area contributed by atoms with Crippen molar-refractivity contribution in [3.63, 3.8) is 0 Å². The molecule has 1 N–H and O–H groups in total. The van der Waals surface area contributed by atoms with E-state index in [0.29, 0.717) is 9.86 Å². The van der Waals surface area contributed by atoms with E-state index in [9.17, 15) is 19.7 Å². The van der Waals surface area contributed by atoms with E-state index >= 15 is 0 Å². The summed E-state index contributed by atoms with van der Waals surface area (Å²) < 4.78 is 5.20. The molecule has 0 unspecified atom stereocenters. The Morgan fingerprint density at radius 1 is 1.59 bits per heavy atom. The topological polar surface area (TPSA) is 107 Å². The van der Waals surface area contributed by atoms with Crippen LogP contribution in [0.15, 0.2) is 12.1 Å². The number of rotatable bonds is 5. The van der Waals surface area contributed by atoms with E-state index in [-0.39, 0.29) is 17.0 Å². The van der Waals surface area contributed by atoms with E-state index in [0.717, 1.165) is 6.07 Å². The van der Waals surface area contributed by atoms with Gasteiger partial charge in [0.15, 0.2) is 12.9 Å². The minimum atomic E-state index is -1.20. The average Bonchev–Trinajstić information content (AvgIpc) is 2.25. The molecule has 0 radical (unpaired) electrons. The van der Waals surface area contributed by atoms with Crippen molar-refractivity contribution in [2.24, 2.45) is 0 Å². The summed E-state index contributed by atoms with van der Waals surface area (Å²) in [5, 5.41) is 19.0. The Kier molecular flexibility index (Phi) is 4.37. The highest BCUT2D eigenvalue weighted by molar-refractivity contribution is 14.1. The summed E-state index contributed by atoms with van der Waals surface area (Å²) in [4.78, 5) is 31.0. The molecule has 0 aliphatic heterocycles. The van der Waals surface area contributed by atoms with Crippen LogP contribution in [0.5, 0.6) is 5.75 Å². The normalized spacial score (nSPS) is 9.71. The third-order valence-corrected chi connectivity index (χ3v) is 2.54. The number of hydrogen-bond donors (Lipinski definition) is 1. The molecule has 0 saturated heterocycles. The molecule has 17 heavy (non-hydrogen) atoms. The predicted octanol–water partition coefficient (Wildman–Crippen LogP) is 1.48. The Bertz CT molecular complexity index is 487. The van der Waals surface area contributed by atoms with Crippen LogP contribution >= 0.6 is 22.6 Å². The van der Waals surface area contributed by atoms with E-state index in [1.54, 1.807) is 22.6 Å². The van der Waals surface area contributed by atoms with Crippen LogP contribution in [0.4, 0.5) is 5.69 Å². The van der Waals surface area contributed by atoms with E-state index in [2.05, 4.69) is 0 Å². The molecule has 1 aromatic rings. The van der Waals surface area contributed by atoms with Gasteiger partial charge in [-0.1, -0.05) is 0 Å². The second-order valence-corrected chi connectivity index (χ2v) is 4.07. The van der Waals surface area contributed by atoms with Crippen molar-refractivity contribution in [2.75, 3.05) is 6.61 Å². The zero-order chi connectivity index (χ0) is 13.0. The maximum atomic E-state index is 10.7. The van der Waals surface area contributed by atoms with Crippen LogP contribution < -0.4 is 4.74 Å². The Morgan fingerprint density at radius 2 is 2.24 bits per heavy atom. The van der Waals surface area contributed by atoms with Gasteiger partial charge in [0.25, 0.3) is 5.69 Å². The zero-order valence-corrected chi connectivity index (χ0v) is 10.4. The van der Waals surface area contributed by atoms with Crippen LogP contribution in [-0.2, 0) is 4.79 Å². The number of benzene rings is 1. The Hall–Kier alpha value is -1.71. The number of halogens is 1. The smallest absolute Gasteiger partial charge is 0.341 e. The number of carboxylic acid groups (broad SMARTS) is 1. The number of carbonyl (C=O) groups excluding carboxylic acids is 1. The number of nitrogens with zero attached hydrogens (tertiary/aromatic N) is 1. The van der Waals surface area contributed by atoms with Gasteiger partial charge in [-0.3, -0.25) is 14.9 Å². The third-order valence-electron chi connectivity index (χ3n) is 1.73. The molecular formula is C9H6INO6. The molecule has 90 valence electrons.